The Hall–Kier alpha value is -8.76. The molecule has 39 nitrogen and oxygen atoms in total. The fourth-order valence-corrected chi connectivity index (χ4v) is 10.7. The Labute approximate surface area is 553 Å². The minimum atomic E-state index is -3.40. The van der Waals surface area contributed by atoms with Crippen molar-refractivity contribution in [2.75, 3.05) is 33.5 Å². The number of carbonyl (C=O) groups is 16. The summed E-state index contributed by atoms with van der Waals surface area (Å²) in [6.07, 6.45) is -39.6. The first-order chi connectivity index (χ1) is 45.3. The van der Waals surface area contributed by atoms with Crippen LogP contribution in [-0.4, -0.2) is 257 Å². The Balaban J connectivity index is 2.32. The molecule has 544 valence electrons. The van der Waals surface area contributed by atoms with Gasteiger partial charge in [0.25, 0.3) is 5.79 Å². The topological polar surface area (TPSA) is 491 Å². The van der Waals surface area contributed by atoms with Crippen molar-refractivity contribution in [2.45, 2.75) is 239 Å². The van der Waals surface area contributed by atoms with Crippen molar-refractivity contribution in [3.05, 3.63) is 0 Å². The van der Waals surface area contributed by atoms with Gasteiger partial charge in [-0.3, -0.25) is 71.9 Å². The molecule has 4 fully saturated rings. The second-order valence-corrected chi connectivity index (χ2v) is 22.0. The summed E-state index contributed by atoms with van der Waals surface area (Å²) in [5.41, 5.74) is 0. The summed E-state index contributed by atoms with van der Waals surface area (Å²) < 4.78 is 123. The van der Waals surface area contributed by atoms with Gasteiger partial charge >= 0.3 is 83.6 Å². The molecule has 0 unspecified atom stereocenters. The first kappa shape index (κ1) is 80.7. The molecule has 39 heteroatoms. The number of hydrogen-bond donors (Lipinski definition) is 2. The zero-order chi connectivity index (χ0) is 73.1. The molecule has 2 N–H and O–H groups in total. The van der Waals surface area contributed by atoms with E-state index in [0.717, 1.165) is 111 Å². The molecule has 0 spiro atoms. The number of esters is 14. The Kier molecular flexibility index (Phi) is 30.4. The van der Waals surface area contributed by atoms with E-state index in [2.05, 4.69) is 10.6 Å². The van der Waals surface area contributed by atoms with Crippen LogP contribution in [0.4, 0.5) is 0 Å². The van der Waals surface area contributed by atoms with Gasteiger partial charge in [-0.2, -0.15) is 0 Å². The lowest BCUT2D eigenvalue weighted by molar-refractivity contribution is -0.400. The third-order valence-corrected chi connectivity index (χ3v) is 13.7. The van der Waals surface area contributed by atoms with Gasteiger partial charge in [-0.05, 0) is 0 Å². The van der Waals surface area contributed by atoms with Crippen LogP contribution in [0.2, 0.25) is 0 Å². The third-order valence-electron chi connectivity index (χ3n) is 13.7. The van der Waals surface area contributed by atoms with Crippen molar-refractivity contribution in [1.29, 1.82) is 0 Å². The van der Waals surface area contributed by atoms with Gasteiger partial charge in [0.2, 0.25) is 24.2 Å². The fraction of sp³-hybridized carbons (Fsp3) is 0.724. The molecule has 4 aliphatic heterocycles. The summed E-state index contributed by atoms with van der Waals surface area (Å²) in [5, 5.41) is 4.96. The molecular weight excluding hydrogens is 1320 g/mol. The minimum absolute atomic E-state index is 0.755. The van der Waals surface area contributed by atoms with Crippen LogP contribution in [0, 0.1) is 0 Å². The van der Waals surface area contributed by atoms with Crippen molar-refractivity contribution in [2.24, 2.45) is 0 Å². The SMILES string of the molecule is COC(=O)[C@@]1(O[C@H]2[C@@H](O[C@@H]3O[C@H](COC(C)=O)[C@H](OC(C)=O)[C@H](OC(C)=O)[C@H]3NC(C)=O)[C@@H](COC(C)=O)O[C@@H](O[C@H]3[C@H](OC(C)=O)[C@@H](OC(C)=O)[C@H](OC(C)=O)O[C@@H]3COC(C)=O)[C@@H]2OC(C)=O)C[C@H](OC(C)=O)[C@@H](NC(C)=O)[C@H]([C@@H](OC(C)=O)[C@@H](COC(C)=O)OC(C)=O)O1. The molecule has 0 aromatic rings. The monoisotopic (exact) mass is 1400 g/mol. The maximum atomic E-state index is 15.3. The van der Waals surface area contributed by atoms with Crippen molar-refractivity contribution < 1.29 is 176 Å². The van der Waals surface area contributed by atoms with Crippen LogP contribution in [-0.2, 0) is 176 Å². The van der Waals surface area contributed by atoms with E-state index < -0.39 is 257 Å². The molecule has 0 radical (unpaired) electrons. The van der Waals surface area contributed by atoms with Crippen LogP contribution in [0.1, 0.15) is 110 Å². The number of methoxy groups -OCH3 is 1. The molecule has 0 saturated carbocycles. The lowest BCUT2D eigenvalue weighted by Gasteiger charge is -2.53. The normalized spacial score (nSPS) is 30.4. The molecule has 21 atom stereocenters. The molecule has 0 bridgehead atoms. The van der Waals surface area contributed by atoms with Gasteiger partial charge in [0.05, 0.1) is 19.6 Å². The summed E-state index contributed by atoms with van der Waals surface area (Å²) >= 11 is 0. The van der Waals surface area contributed by atoms with E-state index in [9.17, 15) is 71.9 Å². The number of amides is 2. The van der Waals surface area contributed by atoms with Gasteiger partial charge in [-0.25, -0.2) is 4.79 Å². The van der Waals surface area contributed by atoms with Gasteiger partial charge in [-0.1, -0.05) is 0 Å². The van der Waals surface area contributed by atoms with Gasteiger partial charge in [0.1, 0.15) is 81.3 Å². The second kappa shape index (κ2) is 36.5. The minimum Gasteiger partial charge on any atom is -0.465 e. The maximum absolute atomic E-state index is 15.3. The highest BCUT2D eigenvalue weighted by molar-refractivity contribution is 5.79. The molecule has 97 heavy (non-hydrogen) atoms. The van der Waals surface area contributed by atoms with Crippen LogP contribution in [0.5, 0.6) is 0 Å². The zero-order valence-electron chi connectivity index (χ0n) is 55.7. The predicted molar refractivity (Wildman–Crippen MR) is 303 cm³/mol. The molecule has 0 aromatic heterocycles. The number of ether oxygens (including phenoxy) is 21. The molecule has 4 aliphatic rings. The quantitative estimate of drug-likeness (QED) is 0.0592. The summed E-state index contributed by atoms with van der Waals surface area (Å²) in [4.78, 5) is 211. The summed E-state index contributed by atoms with van der Waals surface area (Å²) in [6, 6.07) is -3.80. The van der Waals surface area contributed by atoms with Crippen molar-refractivity contribution in [3.63, 3.8) is 0 Å². The smallest absolute Gasteiger partial charge is 0.366 e. The Morgan fingerprint density at radius 1 is 0.392 bits per heavy atom. The lowest BCUT2D eigenvalue weighted by atomic mass is 9.87. The first-order valence-electron chi connectivity index (χ1n) is 29.6. The lowest BCUT2D eigenvalue weighted by Crippen LogP contribution is -2.73. The zero-order valence-corrected chi connectivity index (χ0v) is 55.7. The van der Waals surface area contributed by atoms with Crippen LogP contribution in [0.15, 0.2) is 0 Å². The third kappa shape index (κ3) is 24.1. The predicted octanol–water partition coefficient (Wildman–Crippen LogP) is -2.75. The standard InChI is InChI=1S/C58H80N2O37/c1-22(61)59-42-37(82-28(7)67)17-58(57(76)77-16,96-49(42)45(85-31(10)70)38(83-29(8)68)18-78-24(3)63)97-51-47(94-54-43(60-23(2)62)48(86-32(11)71)44(84-30(9)69)39(91-54)19-79-25(4)64)41(21-81-27(6)66)93-56(53(51)89-35(14)74)95-46-40(20-80-26(5)65)92-55(90-36(15)75)52(88-34(13)73)50(46)87-33(12)72/h37-56H,17-21H2,1-16H3,(H,59,61)(H,60,62)/t37-,38+,39+,40+,41+,42+,43+,44-,45-,46+,47-,48+,49+,50-,51-,52+,53+,54-,55+,56-,58-/m0/s1. The van der Waals surface area contributed by atoms with E-state index in [1.165, 1.54) is 0 Å². The Morgan fingerprint density at radius 3 is 1.23 bits per heavy atom. The number of carbonyl (C=O) groups excluding carboxylic acids is 16. The molecule has 0 aliphatic carbocycles. The van der Waals surface area contributed by atoms with Gasteiger partial charge in [0, 0.05) is 104 Å². The van der Waals surface area contributed by atoms with E-state index in [1.54, 1.807) is 0 Å². The first-order valence-corrected chi connectivity index (χ1v) is 29.6. The van der Waals surface area contributed by atoms with Crippen LogP contribution in [0.25, 0.3) is 0 Å². The molecular formula is C58H80N2O37. The Morgan fingerprint density at radius 2 is 0.784 bits per heavy atom. The summed E-state index contributed by atoms with van der Waals surface area (Å²) in [7, 11) is 0.755. The summed E-state index contributed by atoms with van der Waals surface area (Å²) in [5.74, 6) is -21.4. The van der Waals surface area contributed by atoms with E-state index in [-0.39, 0.29) is 0 Å². The van der Waals surface area contributed by atoms with E-state index >= 15 is 4.79 Å². The Bertz CT molecular complexity index is 2920. The van der Waals surface area contributed by atoms with Gasteiger partial charge in [0.15, 0.2) is 49.2 Å². The molecule has 4 saturated heterocycles. The van der Waals surface area contributed by atoms with E-state index in [1.807, 2.05) is 0 Å². The molecule has 4 rings (SSSR count). The van der Waals surface area contributed by atoms with Gasteiger partial charge in [-0.15, -0.1) is 0 Å². The van der Waals surface area contributed by atoms with Gasteiger partial charge < -0.3 is 110 Å². The number of hydrogen-bond acceptors (Lipinski definition) is 37. The molecule has 2 amide bonds. The highest BCUT2D eigenvalue weighted by Gasteiger charge is 2.65. The average molecular weight is 1400 g/mol. The van der Waals surface area contributed by atoms with Crippen molar-refractivity contribution in [3.8, 4) is 0 Å². The molecule has 4 heterocycles. The summed E-state index contributed by atoms with van der Waals surface area (Å²) in [6.45, 7) is 9.73. The average Bonchev–Trinajstić information content (AvgIpc) is 0.746. The van der Waals surface area contributed by atoms with E-state index in [4.69, 9.17) is 99.5 Å². The molecule has 0 aromatic carbocycles. The van der Waals surface area contributed by atoms with Crippen LogP contribution >= 0.6 is 0 Å². The van der Waals surface area contributed by atoms with Crippen molar-refractivity contribution in [1.82, 2.24) is 10.6 Å². The highest BCUT2D eigenvalue weighted by Crippen LogP contribution is 2.44. The van der Waals surface area contributed by atoms with Crippen molar-refractivity contribution >= 4 is 95.4 Å². The highest BCUT2D eigenvalue weighted by atomic mass is 16.8. The van der Waals surface area contributed by atoms with Crippen LogP contribution in [0.3, 0.4) is 0 Å². The second-order valence-electron chi connectivity index (χ2n) is 22.0. The number of nitrogens with one attached hydrogen (secondary N) is 2. The number of rotatable bonds is 28. The maximum Gasteiger partial charge on any atom is 0.366 e. The largest absolute Gasteiger partial charge is 0.465 e. The van der Waals surface area contributed by atoms with E-state index in [0.29, 0.717) is 0 Å². The fourth-order valence-electron chi connectivity index (χ4n) is 10.7. The van der Waals surface area contributed by atoms with Crippen LogP contribution < -0.4 is 10.6 Å².